The van der Waals surface area contributed by atoms with Crippen molar-refractivity contribution in [2.45, 2.75) is 57.9 Å². The predicted molar refractivity (Wildman–Crippen MR) is 98.6 cm³/mol. The lowest BCUT2D eigenvalue weighted by molar-refractivity contribution is -0.133. The van der Waals surface area contributed by atoms with Crippen LogP contribution in [0.15, 0.2) is 18.5 Å². The Morgan fingerprint density at radius 2 is 1.92 bits per heavy atom. The van der Waals surface area contributed by atoms with Crippen LogP contribution in [-0.4, -0.2) is 47.4 Å². The Morgan fingerprint density at radius 1 is 1.16 bits per heavy atom. The molecule has 1 aromatic rings. The summed E-state index contributed by atoms with van der Waals surface area (Å²) in [7, 11) is 0. The Kier molecular flexibility index (Phi) is 5.89. The van der Waals surface area contributed by atoms with Crippen LogP contribution in [0.5, 0.6) is 0 Å². The minimum atomic E-state index is -0.0376. The Balaban J connectivity index is 1.65. The van der Waals surface area contributed by atoms with Crippen molar-refractivity contribution in [3.63, 3.8) is 0 Å². The van der Waals surface area contributed by atoms with Gasteiger partial charge in [-0.2, -0.15) is 0 Å². The van der Waals surface area contributed by atoms with E-state index in [9.17, 15) is 9.59 Å². The van der Waals surface area contributed by atoms with Gasteiger partial charge in [-0.15, -0.1) is 0 Å². The summed E-state index contributed by atoms with van der Waals surface area (Å²) in [6.45, 7) is 4.40. The molecule has 136 valence electrons. The van der Waals surface area contributed by atoms with Crippen LogP contribution in [0.25, 0.3) is 0 Å². The molecule has 6 heteroatoms. The number of carbonyl (C=O) groups excluding carboxylic acids is 2. The van der Waals surface area contributed by atoms with E-state index in [-0.39, 0.29) is 17.9 Å². The van der Waals surface area contributed by atoms with Gasteiger partial charge in [-0.1, -0.05) is 0 Å². The van der Waals surface area contributed by atoms with Gasteiger partial charge in [0.1, 0.15) is 0 Å². The lowest BCUT2D eigenvalue weighted by atomic mass is 9.99. The quantitative estimate of drug-likeness (QED) is 0.912. The molecule has 0 unspecified atom stereocenters. The summed E-state index contributed by atoms with van der Waals surface area (Å²) in [4.78, 5) is 32.7. The van der Waals surface area contributed by atoms with E-state index in [1.165, 1.54) is 19.3 Å². The molecule has 0 aliphatic carbocycles. The molecule has 0 radical (unpaired) electrons. The highest BCUT2D eigenvalue weighted by Gasteiger charge is 2.27. The van der Waals surface area contributed by atoms with Crippen LogP contribution >= 0.6 is 0 Å². The molecule has 6 nitrogen and oxygen atoms in total. The van der Waals surface area contributed by atoms with Crippen molar-refractivity contribution >= 4 is 23.2 Å². The first-order chi connectivity index (χ1) is 12.1. The highest BCUT2D eigenvalue weighted by atomic mass is 16.2. The van der Waals surface area contributed by atoms with E-state index >= 15 is 0 Å². The third-order valence-corrected chi connectivity index (χ3v) is 5.22. The molecule has 0 saturated carbocycles. The summed E-state index contributed by atoms with van der Waals surface area (Å²) in [5.41, 5.74) is 1.83. The number of aromatic nitrogens is 1. The fourth-order valence-corrected chi connectivity index (χ4v) is 3.94. The number of likely N-dealkylation sites (tertiary alicyclic amines) is 1. The molecular formula is C19H28N4O2. The zero-order valence-corrected chi connectivity index (χ0v) is 15.0. The third kappa shape index (κ3) is 4.50. The number of hydrogen-bond acceptors (Lipinski definition) is 4. The average Bonchev–Trinajstić information content (AvgIpc) is 2.63. The van der Waals surface area contributed by atoms with Gasteiger partial charge in [-0.05, 0) is 44.6 Å². The first-order valence-electron chi connectivity index (χ1n) is 9.41. The Labute approximate surface area is 149 Å². The van der Waals surface area contributed by atoms with Gasteiger partial charge in [-0.3, -0.25) is 14.6 Å². The highest BCUT2D eigenvalue weighted by molar-refractivity contribution is 5.94. The number of amides is 2. The number of carbonyl (C=O) groups is 2. The topological polar surface area (TPSA) is 65.5 Å². The van der Waals surface area contributed by atoms with Crippen LogP contribution in [0, 0.1) is 0 Å². The van der Waals surface area contributed by atoms with E-state index in [2.05, 4.69) is 15.2 Å². The van der Waals surface area contributed by atoms with Crippen molar-refractivity contribution in [1.82, 2.24) is 9.88 Å². The fourth-order valence-electron chi connectivity index (χ4n) is 3.94. The van der Waals surface area contributed by atoms with Crippen molar-refractivity contribution < 1.29 is 9.59 Å². The van der Waals surface area contributed by atoms with E-state index < -0.39 is 0 Å². The molecule has 1 aromatic heterocycles. The molecule has 2 aliphatic rings. The van der Waals surface area contributed by atoms with Crippen LogP contribution in [0.2, 0.25) is 0 Å². The number of nitrogens with zero attached hydrogens (tertiary/aromatic N) is 3. The maximum atomic E-state index is 12.6. The minimum absolute atomic E-state index is 0.0151. The van der Waals surface area contributed by atoms with Gasteiger partial charge < -0.3 is 15.1 Å². The monoisotopic (exact) mass is 344 g/mol. The summed E-state index contributed by atoms with van der Waals surface area (Å²) in [5, 5.41) is 3.03. The second-order valence-electron chi connectivity index (χ2n) is 7.05. The van der Waals surface area contributed by atoms with Crippen molar-refractivity contribution in [3.05, 3.63) is 18.5 Å². The predicted octanol–water partition coefficient (Wildman–Crippen LogP) is 2.80. The van der Waals surface area contributed by atoms with Gasteiger partial charge in [-0.25, -0.2) is 0 Å². The zero-order valence-electron chi connectivity index (χ0n) is 15.0. The normalized spacial score (nSPS) is 21.1. The summed E-state index contributed by atoms with van der Waals surface area (Å²) in [6, 6.07) is 1.99. The molecule has 2 aliphatic heterocycles. The second kappa shape index (κ2) is 8.32. The van der Waals surface area contributed by atoms with Gasteiger partial charge >= 0.3 is 0 Å². The Morgan fingerprint density at radius 3 is 2.68 bits per heavy atom. The first kappa shape index (κ1) is 17.7. The first-order valence-corrected chi connectivity index (χ1v) is 9.41. The number of rotatable bonds is 4. The summed E-state index contributed by atoms with van der Waals surface area (Å²) >= 11 is 0. The van der Waals surface area contributed by atoms with E-state index in [0.717, 1.165) is 50.3 Å². The molecule has 0 bridgehead atoms. The molecule has 2 amide bonds. The molecule has 2 fully saturated rings. The molecule has 0 aromatic carbocycles. The second-order valence-corrected chi connectivity index (χ2v) is 7.05. The van der Waals surface area contributed by atoms with Gasteiger partial charge in [0, 0.05) is 45.2 Å². The number of nitrogens with one attached hydrogen (secondary N) is 1. The van der Waals surface area contributed by atoms with Crippen molar-refractivity contribution in [2.24, 2.45) is 0 Å². The molecule has 1 atom stereocenters. The van der Waals surface area contributed by atoms with E-state index in [1.54, 1.807) is 19.3 Å². The Hall–Kier alpha value is -2.11. The van der Waals surface area contributed by atoms with Crippen LogP contribution < -0.4 is 10.2 Å². The lowest BCUT2D eigenvalue weighted by Crippen LogP contribution is -2.44. The molecule has 1 N–H and O–H groups in total. The summed E-state index contributed by atoms with van der Waals surface area (Å²) in [6.07, 6.45) is 10.5. The molecule has 2 saturated heterocycles. The fraction of sp³-hybridized carbons (Fsp3) is 0.632. The SMILES string of the molecule is CC(=O)N1CCCC[C@H]1CC(=O)Nc1cnccc1N1CCCCC1. The number of hydrogen-bond donors (Lipinski definition) is 1. The van der Waals surface area contributed by atoms with Crippen molar-refractivity contribution in [2.75, 3.05) is 29.9 Å². The molecule has 25 heavy (non-hydrogen) atoms. The number of pyridine rings is 1. The van der Waals surface area contributed by atoms with Crippen LogP contribution in [-0.2, 0) is 9.59 Å². The number of piperidine rings is 2. The maximum Gasteiger partial charge on any atom is 0.226 e. The smallest absolute Gasteiger partial charge is 0.226 e. The largest absolute Gasteiger partial charge is 0.370 e. The van der Waals surface area contributed by atoms with Crippen molar-refractivity contribution in [3.8, 4) is 0 Å². The van der Waals surface area contributed by atoms with E-state index in [0.29, 0.717) is 6.42 Å². The summed E-state index contributed by atoms with van der Waals surface area (Å²) < 4.78 is 0. The molecule has 3 rings (SSSR count). The van der Waals surface area contributed by atoms with Crippen LogP contribution in [0.3, 0.4) is 0 Å². The van der Waals surface area contributed by atoms with Gasteiger partial charge in [0.15, 0.2) is 0 Å². The zero-order chi connectivity index (χ0) is 17.6. The average molecular weight is 344 g/mol. The van der Waals surface area contributed by atoms with E-state index in [4.69, 9.17) is 0 Å². The molecule has 0 spiro atoms. The third-order valence-electron chi connectivity index (χ3n) is 5.22. The summed E-state index contributed by atoms with van der Waals surface area (Å²) in [5.74, 6) is 0.0253. The molecular weight excluding hydrogens is 316 g/mol. The van der Waals surface area contributed by atoms with Crippen LogP contribution in [0.1, 0.15) is 51.9 Å². The maximum absolute atomic E-state index is 12.6. The highest BCUT2D eigenvalue weighted by Crippen LogP contribution is 2.28. The van der Waals surface area contributed by atoms with Gasteiger partial charge in [0.25, 0.3) is 0 Å². The van der Waals surface area contributed by atoms with Crippen molar-refractivity contribution in [1.29, 1.82) is 0 Å². The van der Waals surface area contributed by atoms with Crippen LogP contribution in [0.4, 0.5) is 11.4 Å². The number of anilines is 2. The van der Waals surface area contributed by atoms with E-state index in [1.807, 2.05) is 11.0 Å². The standard InChI is InChI=1S/C19H28N4O2/c1-15(24)23-12-6-3-7-16(23)13-19(25)21-17-14-20-9-8-18(17)22-10-4-2-5-11-22/h8-9,14,16H,2-7,10-13H2,1H3,(H,21,25)/t16-/m0/s1. The minimum Gasteiger partial charge on any atom is -0.370 e. The van der Waals surface area contributed by atoms with Gasteiger partial charge in [0.2, 0.25) is 11.8 Å². The lowest BCUT2D eigenvalue weighted by Gasteiger charge is -2.35. The molecule has 3 heterocycles. The Bertz CT molecular complexity index is 613. The van der Waals surface area contributed by atoms with Gasteiger partial charge in [0.05, 0.1) is 17.6 Å².